The molecule has 0 bridgehead atoms. The van der Waals surface area contributed by atoms with Crippen LogP contribution in [0.2, 0.25) is 0 Å². The van der Waals surface area contributed by atoms with Crippen molar-refractivity contribution in [3.63, 3.8) is 0 Å². The van der Waals surface area contributed by atoms with Gasteiger partial charge in [0.2, 0.25) is 0 Å². The molecule has 0 saturated carbocycles. The number of hydrogen-bond donors (Lipinski definition) is 2. The zero-order valence-corrected chi connectivity index (χ0v) is 17.4. The third kappa shape index (κ3) is 4.36. The molecule has 0 aliphatic carbocycles. The second-order valence-electron chi connectivity index (χ2n) is 7.18. The first kappa shape index (κ1) is 19.5. The molecule has 4 aromatic heterocycles. The highest BCUT2D eigenvalue weighted by molar-refractivity contribution is 7.99. The Labute approximate surface area is 182 Å². The highest BCUT2D eigenvalue weighted by Gasteiger charge is 2.16. The Kier molecular flexibility index (Phi) is 5.49. The third-order valence-electron chi connectivity index (χ3n) is 5.09. The fourth-order valence-corrected chi connectivity index (χ4v) is 4.41. The molecule has 0 saturated heterocycles. The summed E-state index contributed by atoms with van der Waals surface area (Å²) in [6.07, 6.45) is 9.64. The predicted octanol–water partition coefficient (Wildman–Crippen LogP) is 4.39. The van der Waals surface area contributed by atoms with E-state index in [9.17, 15) is 4.39 Å². The van der Waals surface area contributed by atoms with Gasteiger partial charge in [0, 0.05) is 48.2 Å². The summed E-state index contributed by atoms with van der Waals surface area (Å²) in [4.78, 5) is 14.8. The van der Waals surface area contributed by atoms with Crippen LogP contribution in [0, 0.1) is 5.82 Å². The molecule has 0 spiro atoms. The van der Waals surface area contributed by atoms with Crippen molar-refractivity contribution in [2.75, 3.05) is 0 Å². The lowest BCUT2D eigenvalue weighted by atomic mass is 10.1. The molecule has 0 amide bonds. The van der Waals surface area contributed by atoms with E-state index >= 15 is 0 Å². The van der Waals surface area contributed by atoms with Gasteiger partial charge in [0.15, 0.2) is 5.16 Å². The van der Waals surface area contributed by atoms with Crippen LogP contribution in [0.15, 0.2) is 71.5 Å². The summed E-state index contributed by atoms with van der Waals surface area (Å²) in [5, 5.41) is 11.6. The monoisotopic (exact) mass is 433 g/mol. The Morgan fingerprint density at radius 3 is 2.90 bits per heavy atom. The van der Waals surface area contributed by atoms with E-state index in [0.717, 1.165) is 57.6 Å². The van der Waals surface area contributed by atoms with E-state index < -0.39 is 0 Å². The van der Waals surface area contributed by atoms with Gasteiger partial charge >= 0.3 is 0 Å². The Bertz CT molecular complexity index is 1280. The molecule has 0 atom stereocenters. The van der Waals surface area contributed by atoms with Crippen molar-refractivity contribution < 1.29 is 4.39 Å². The number of nitrogens with zero attached hydrogens (tertiary/aromatic N) is 5. The fourth-order valence-electron chi connectivity index (χ4n) is 3.57. The molecule has 5 rings (SSSR count). The van der Waals surface area contributed by atoms with Crippen LogP contribution in [0.5, 0.6) is 0 Å². The second kappa shape index (κ2) is 8.73. The highest BCUT2D eigenvalue weighted by atomic mass is 32.2. The molecule has 2 N–H and O–H groups in total. The molecule has 7 nitrogen and oxygen atoms in total. The van der Waals surface area contributed by atoms with E-state index in [4.69, 9.17) is 0 Å². The largest absolute Gasteiger partial charge is 0.361 e. The van der Waals surface area contributed by atoms with Gasteiger partial charge in [-0.15, -0.1) is 10.2 Å². The minimum atomic E-state index is -0.253. The quantitative estimate of drug-likeness (QED) is 0.379. The molecular formula is C22H20FN7S. The number of nitrogens with one attached hydrogen (secondary N) is 2. The lowest BCUT2D eigenvalue weighted by Gasteiger charge is -2.10. The smallest absolute Gasteiger partial charge is 0.197 e. The number of imidazole rings is 1. The maximum Gasteiger partial charge on any atom is 0.197 e. The molecule has 0 fully saturated rings. The minimum absolute atomic E-state index is 0.253. The molecule has 5 aromatic rings. The molecule has 0 unspecified atom stereocenters. The summed E-state index contributed by atoms with van der Waals surface area (Å²) in [6, 6.07) is 10.6. The molecule has 31 heavy (non-hydrogen) atoms. The SMILES string of the molecule is Fc1ccc2c(Cc3nnc(Sc4ccccn4)n3CCCc3cnc[nH]3)c[nH]c2c1. The average molecular weight is 434 g/mol. The molecule has 9 heteroatoms. The van der Waals surface area contributed by atoms with Crippen LogP contribution in [-0.2, 0) is 19.4 Å². The standard InChI is InChI=1S/C22H20FN7S/c23-16-6-7-18-15(12-26-19(18)11-16)10-20-28-29-22(31-21-5-1-2-8-25-21)30(20)9-3-4-17-13-24-14-27-17/h1-2,5-8,11-14,26H,3-4,9-10H2,(H,24,27). The van der Waals surface area contributed by atoms with Gasteiger partial charge in [-0.3, -0.25) is 0 Å². The number of halogens is 1. The van der Waals surface area contributed by atoms with E-state index in [1.165, 1.54) is 23.9 Å². The molecule has 0 aliphatic heterocycles. The van der Waals surface area contributed by atoms with Crippen LogP contribution in [0.3, 0.4) is 0 Å². The number of aromatic nitrogens is 7. The normalized spacial score (nSPS) is 11.4. The highest BCUT2D eigenvalue weighted by Crippen LogP contribution is 2.27. The van der Waals surface area contributed by atoms with Crippen LogP contribution in [0.25, 0.3) is 10.9 Å². The lowest BCUT2D eigenvalue weighted by molar-refractivity contribution is 0.572. The lowest BCUT2D eigenvalue weighted by Crippen LogP contribution is -2.07. The van der Waals surface area contributed by atoms with E-state index in [-0.39, 0.29) is 5.82 Å². The molecule has 1 aromatic carbocycles. The van der Waals surface area contributed by atoms with Crippen molar-refractivity contribution >= 4 is 22.7 Å². The van der Waals surface area contributed by atoms with E-state index in [1.54, 1.807) is 18.6 Å². The Morgan fingerprint density at radius 1 is 1.10 bits per heavy atom. The molecule has 0 radical (unpaired) electrons. The number of aryl methyl sites for hydroxylation is 1. The Hall–Kier alpha value is -3.46. The van der Waals surface area contributed by atoms with Crippen LogP contribution >= 0.6 is 11.8 Å². The zero-order chi connectivity index (χ0) is 21.0. The van der Waals surface area contributed by atoms with Gasteiger partial charge in [0.05, 0.1) is 6.33 Å². The van der Waals surface area contributed by atoms with Crippen LogP contribution in [-0.4, -0.2) is 34.7 Å². The van der Waals surface area contributed by atoms with Gasteiger partial charge in [-0.25, -0.2) is 14.4 Å². The summed E-state index contributed by atoms with van der Waals surface area (Å²) in [5.74, 6) is 0.616. The molecule has 156 valence electrons. The second-order valence-corrected chi connectivity index (χ2v) is 8.17. The maximum atomic E-state index is 13.5. The van der Waals surface area contributed by atoms with Crippen LogP contribution < -0.4 is 0 Å². The number of fused-ring (bicyclic) bond motifs is 1. The van der Waals surface area contributed by atoms with Gasteiger partial charge in [0.25, 0.3) is 0 Å². The molecular weight excluding hydrogens is 413 g/mol. The van der Waals surface area contributed by atoms with Crippen molar-refractivity contribution in [3.8, 4) is 0 Å². The summed E-state index contributed by atoms with van der Waals surface area (Å²) in [7, 11) is 0. The first-order chi connectivity index (χ1) is 15.3. The summed E-state index contributed by atoms with van der Waals surface area (Å²) < 4.78 is 15.7. The summed E-state index contributed by atoms with van der Waals surface area (Å²) >= 11 is 1.50. The van der Waals surface area contributed by atoms with Gasteiger partial charge in [-0.2, -0.15) is 0 Å². The van der Waals surface area contributed by atoms with Crippen molar-refractivity contribution in [2.24, 2.45) is 0 Å². The molecule has 0 aliphatic rings. The number of benzene rings is 1. The first-order valence-corrected chi connectivity index (χ1v) is 10.8. The fraction of sp³-hybridized carbons (Fsp3) is 0.182. The van der Waals surface area contributed by atoms with Crippen molar-refractivity contribution in [2.45, 2.75) is 36.0 Å². The van der Waals surface area contributed by atoms with Gasteiger partial charge in [-0.1, -0.05) is 6.07 Å². The summed E-state index contributed by atoms with van der Waals surface area (Å²) in [6.45, 7) is 0.771. The Morgan fingerprint density at radius 2 is 2.06 bits per heavy atom. The van der Waals surface area contributed by atoms with Gasteiger partial charge in [0.1, 0.15) is 16.7 Å². The van der Waals surface area contributed by atoms with Crippen molar-refractivity contribution in [1.82, 2.24) is 34.7 Å². The van der Waals surface area contributed by atoms with Crippen LogP contribution in [0.4, 0.5) is 4.39 Å². The van der Waals surface area contributed by atoms with E-state index in [0.29, 0.717) is 6.42 Å². The van der Waals surface area contributed by atoms with E-state index in [2.05, 4.69) is 34.7 Å². The Balaban J connectivity index is 1.42. The molecule has 4 heterocycles. The van der Waals surface area contributed by atoms with Gasteiger partial charge in [-0.05, 0) is 60.5 Å². The number of H-pyrrole nitrogens is 2. The van der Waals surface area contributed by atoms with Crippen molar-refractivity contribution in [1.29, 1.82) is 0 Å². The van der Waals surface area contributed by atoms with Crippen LogP contribution in [0.1, 0.15) is 23.5 Å². The number of aromatic amines is 2. The third-order valence-corrected chi connectivity index (χ3v) is 6.02. The number of rotatable bonds is 8. The minimum Gasteiger partial charge on any atom is -0.361 e. The van der Waals surface area contributed by atoms with E-state index in [1.807, 2.05) is 30.6 Å². The predicted molar refractivity (Wildman–Crippen MR) is 116 cm³/mol. The van der Waals surface area contributed by atoms with Crippen molar-refractivity contribution in [3.05, 3.63) is 84.2 Å². The number of hydrogen-bond acceptors (Lipinski definition) is 5. The average Bonchev–Trinajstić information content (AvgIpc) is 3.52. The maximum absolute atomic E-state index is 13.5. The number of pyridine rings is 1. The summed E-state index contributed by atoms with van der Waals surface area (Å²) in [5.41, 5.74) is 2.95. The van der Waals surface area contributed by atoms with Gasteiger partial charge < -0.3 is 14.5 Å². The zero-order valence-electron chi connectivity index (χ0n) is 16.6. The topological polar surface area (TPSA) is 88.1 Å². The first-order valence-electron chi connectivity index (χ1n) is 10.00.